The van der Waals surface area contributed by atoms with Gasteiger partial charge in [0.05, 0.1) is 6.20 Å². The summed E-state index contributed by atoms with van der Waals surface area (Å²) in [5, 5.41) is 7.08. The average molecular weight is 238 g/mol. The summed E-state index contributed by atoms with van der Waals surface area (Å²) < 4.78 is 1.62. The van der Waals surface area contributed by atoms with Gasteiger partial charge in [0.2, 0.25) is 5.91 Å². The summed E-state index contributed by atoms with van der Waals surface area (Å²) in [6.45, 7) is 6.28. The minimum absolute atomic E-state index is 0.00183. The molecule has 0 saturated heterocycles. The largest absolute Gasteiger partial charge is 0.352 e. The van der Waals surface area contributed by atoms with Gasteiger partial charge in [-0.3, -0.25) is 9.48 Å². The molecule has 0 aliphatic carbocycles. The Balaban J connectivity index is 2.50. The number of carbonyl (C=O) groups is 1. The van der Waals surface area contributed by atoms with Crippen molar-refractivity contribution in [2.75, 3.05) is 0 Å². The Morgan fingerprint density at radius 2 is 2.18 bits per heavy atom. The Bertz CT molecular complexity index is 355. The zero-order valence-corrected chi connectivity index (χ0v) is 10.8. The van der Waals surface area contributed by atoms with E-state index in [9.17, 15) is 4.79 Å². The van der Waals surface area contributed by atoms with Crippen molar-refractivity contribution in [1.29, 1.82) is 0 Å². The predicted octanol–water partition coefficient (Wildman–Crippen LogP) is 1.21. The van der Waals surface area contributed by atoms with E-state index in [0.717, 1.165) is 18.4 Å². The van der Waals surface area contributed by atoms with Crippen LogP contribution in [-0.2, 0) is 11.3 Å². The summed E-state index contributed by atoms with van der Waals surface area (Å²) in [5.41, 5.74) is 6.67. The van der Waals surface area contributed by atoms with Gasteiger partial charge in [-0.15, -0.1) is 0 Å². The second-order valence-corrected chi connectivity index (χ2v) is 4.34. The maximum atomic E-state index is 11.7. The van der Waals surface area contributed by atoms with E-state index in [-0.39, 0.29) is 24.5 Å². The summed E-state index contributed by atoms with van der Waals surface area (Å²) in [6, 6.07) is 0.205. The van der Waals surface area contributed by atoms with Gasteiger partial charge < -0.3 is 11.1 Å². The molecule has 0 fully saturated rings. The number of hydrogen-bond donors (Lipinski definition) is 2. The van der Waals surface area contributed by atoms with Crippen LogP contribution in [-0.4, -0.2) is 21.7 Å². The van der Waals surface area contributed by atoms with Crippen LogP contribution in [0.3, 0.4) is 0 Å². The van der Waals surface area contributed by atoms with Gasteiger partial charge in [-0.25, -0.2) is 0 Å². The van der Waals surface area contributed by atoms with Crippen LogP contribution < -0.4 is 11.1 Å². The fourth-order valence-corrected chi connectivity index (χ4v) is 1.61. The third-order valence-corrected chi connectivity index (χ3v) is 2.84. The first-order valence-corrected chi connectivity index (χ1v) is 6.14. The fraction of sp³-hybridized carbons (Fsp3) is 0.667. The number of carbonyl (C=O) groups excluding carboxylic acids is 1. The maximum absolute atomic E-state index is 11.7. The summed E-state index contributed by atoms with van der Waals surface area (Å²) in [5.74, 6) is -0.00183. The van der Waals surface area contributed by atoms with Crippen LogP contribution in [0.5, 0.6) is 0 Å². The Labute approximate surface area is 102 Å². The molecule has 96 valence electrons. The number of nitrogens with one attached hydrogen (secondary N) is 1. The van der Waals surface area contributed by atoms with Gasteiger partial charge in [-0.05, 0) is 19.8 Å². The van der Waals surface area contributed by atoms with E-state index >= 15 is 0 Å². The topological polar surface area (TPSA) is 72.9 Å². The standard InChI is InChI=1S/C12H22N4O/c1-4-11(5-2)15-12(17)8-16-7-10(6-14-16)9(3)13/h6-7,9,11H,4-5,8,13H2,1-3H3,(H,15,17)/t9-/m1/s1. The smallest absolute Gasteiger partial charge is 0.241 e. The molecule has 0 saturated carbocycles. The number of amides is 1. The van der Waals surface area contributed by atoms with Crippen LogP contribution in [0.1, 0.15) is 45.2 Å². The van der Waals surface area contributed by atoms with E-state index in [0.29, 0.717) is 0 Å². The predicted molar refractivity (Wildman–Crippen MR) is 67.3 cm³/mol. The molecule has 5 heteroatoms. The Morgan fingerprint density at radius 3 is 2.65 bits per heavy atom. The van der Waals surface area contributed by atoms with Crippen LogP contribution in [0.15, 0.2) is 12.4 Å². The zero-order chi connectivity index (χ0) is 12.8. The molecule has 1 atom stereocenters. The van der Waals surface area contributed by atoms with Crippen molar-refractivity contribution in [3.63, 3.8) is 0 Å². The van der Waals surface area contributed by atoms with Gasteiger partial charge in [-0.1, -0.05) is 13.8 Å². The molecule has 1 amide bonds. The molecule has 1 aromatic rings. The normalized spacial score (nSPS) is 12.8. The molecule has 0 unspecified atom stereocenters. The number of aromatic nitrogens is 2. The second kappa shape index (κ2) is 6.39. The highest BCUT2D eigenvalue weighted by Crippen LogP contribution is 2.07. The first-order valence-electron chi connectivity index (χ1n) is 6.14. The van der Waals surface area contributed by atoms with E-state index in [1.807, 2.05) is 13.1 Å². The number of nitrogens with zero attached hydrogens (tertiary/aromatic N) is 2. The lowest BCUT2D eigenvalue weighted by Gasteiger charge is -2.14. The monoisotopic (exact) mass is 238 g/mol. The summed E-state index contributed by atoms with van der Waals surface area (Å²) in [7, 11) is 0. The van der Waals surface area contributed by atoms with E-state index in [4.69, 9.17) is 5.73 Å². The van der Waals surface area contributed by atoms with Crippen molar-refractivity contribution in [3.05, 3.63) is 18.0 Å². The number of nitrogens with two attached hydrogens (primary N) is 1. The van der Waals surface area contributed by atoms with Crippen molar-refractivity contribution in [2.24, 2.45) is 5.73 Å². The first-order chi connectivity index (χ1) is 8.06. The fourth-order valence-electron chi connectivity index (χ4n) is 1.61. The molecule has 0 aromatic carbocycles. The molecule has 0 spiro atoms. The molecule has 17 heavy (non-hydrogen) atoms. The molecule has 5 nitrogen and oxygen atoms in total. The van der Waals surface area contributed by atoms with Gasteiger partial charge in [0.25, 0.3) is 0 Å². The maximum Gasteiger partial charge on any atom is 0.241 e. The Morgan fingerprint density at radius 1 is 1.53 bits per heavy atom. The minimum Gasteiger partial charge on any atom is -0.352 e. The average Bonchev–Trinajstić information content (AvgIpc) is 2.74. The zero-order valence-electron chi connectivity index (χ0n) is 10.8. The summed E-state index contributed by atoms with van der Waals surface area (Å²) >= 11 is 0. The Kier molecular flexibility index (Phi) is 5.15. The van der Waals surface area contributed by atoms with Crippen molar-refractivity contribution in [1.82, 2.24) is 15.1 Å². The molecule has 0 bridgehead atoms. The van der Waals surface area contributed by atoms with Gasteiger partial charge in [0, 0.05) is 23.8 Å². The number of rotatable bonds is 6. The lowest BCUT2D eigenvalue weighted by molar-refractivity contribution is -0.122. The highest BCUT2D eigenvalue weighted by atomic mass is 16.2. The quantitative estimate of drug-likeness (QED) is 0.782. The van der Waals surface area contributed by atoms with E-state index < -0.39 is 0 Å². The first kappa shape index (κ1) is 13.7. The van der Waals surface area contributed by atoms with Gasteiger partial charge in [-0.2, -0.15) is 5.10 Å². The molecular weight excluding hydrogens is 216 g/mol. The highest BCUT2D eigenvalue weighted by Gasteiger charge is 2.10. The van der Waals surface area contributed by atoms with Crippen LogP contribution in [0.25, 0.3) is 0 Å². The lowest BCUT2D eigenvalue weighted by Crippen LogP contribution is -2.36. The molecule has 1 aromatic heterocycles. The Hall–Kier alpha value is -1.36. The third-order valence-electron chi connectivity index (χ3n) is 2.84. The van der Waals surface area contributed by atoms with Crippen LogP contribution in [0, 0.1) is 0 Å². The molecule has 1 heterocycles. The molecule has 1 rings (SSSR count). The van der Waals surface area contributed by atoms with Crippen LogP contribution >= 0.6 is 0 Å². The summed E-state index contributed by atoms with van der Waals surface area (Å²) in [4.78, 5) is 11.7. The van der Waals surface area contributed by atoms with Gasteiger partial charge in [0.1, 0.15) is 6.54 Å². The molecule has 3 N–H and O–H groups in total. The second-order valence-electron chi connectivity index (χ2n) is 4.34. The van der Waals surface area contributed by atoms with Crippen LogP contribution in [0.4, 0.5) is 0 Å². The molecular formula is C12H22N4O. The molecule has 0 aliphatic heterocycles. The van der Waals surface area contributed by atoms with Gasteiger partial charge >= 0.3 is 0 Å². The van der Waals surface area contributed by atoms with E-state index in [1.54, 1.807) is 10.9 Å². The van der Waals surface area contributed by atoms with E-state index in [2.05, 4.69) is 24.3 Å². The minimum atomic E-state index is -0.0501. The highest BCUT2D eigenvalue weighted by molar-refractivity contribution is 5.75. The van der Waals surface area contributed by atoms with Crippen molar-refractivity contribution >= 4 is 5.91 Å². The lowest BCUT2D eigenvalue weighted by atomic mass is 10.2. The third kappa shape index (κ3) is 4.19. The van der Waals surface area contributed by atoms with Gasteiger partial charge in [0.15, 0.2) is 0 Å². The van der Waals surface area contributed by atoms with Crippen molar-refractivity contribution in [3.8, 4) is 0 Å². The number of hydrogen-bond acceptors (Lipinski definition) is 3. The van der Waals surface area contributed by atoms with Crippen molar-refractivity contribution in [2.45, 2.75) is 52.2 Å². The SMILES string of the molecule is CCC(CC)NC(=O)Cn1cc([C@@H](C)N)cn1. The van der Waals surface area contributed by atoms with Crippen molar-refractivity contribution < 1.29 is 4.79 Å². The molecule has 0 radical (unpaired) electrons. The summed E-state index contributed by atoms with van der Waals surface area (Å²) in [6.07, 6.45) is 5.42. The van der Waals surface area contributed by atoms with Crippen LogP contribution in [0.2, 0.25) is 0 Å². The van der Waals surface area contributed by atoms with E-state index in [1.165, 1.54) is 0 Å². The molecule has 0 aliphatic rings.